The molecule has 0 unspecified atom stereocenters. The van der Waals surface area contributed by atoms with Crippen LogP contribution in [0, 0.1) is 5.92 Å². The Morgan fingerprint density at radius 3 is 2.46 bits per heavy atom. The summed E-state index contributed by atoms with van der Waals surface area (Å²) in [6.07, 6.45) is -4.46. The lowest BCUT2D eigenvalue weighted by Crippen LogP contribution is -2.49. The van der Waals surface area contributed by atoms with E-state index >= 15 is 0 Å². The second-order valence-corrected chi connectivity index (χ2v) is 7.33. The number of hydrogen-bond donors (Lipinski definition) is 2. The van der Waals surface area contributed by atoms with Crippen molar-refractivity contribution in [1.29, 1.82) is 0 Å². The number of anilines is 1. The summed E-state index contributed by atoms with van der Waals surface area (Å²) in [6, 6.07) is 5.74. The normalized spacial score (nSPS) is 19.5. The van der Waals surface area contributed by atoms with E-state index in [4.69, 9.17) is 0 Å². The Labute approximate surface area is 150 Å². The molecule has 1 fully saturated rings. The van der Waals surface area contributed by atoms with Crippen molar-refractivity contribution in [3.8, 4) is 0 Å². The zero-order valence-electron chi connectivity index (χ0n) is 15.3. The van der Waals surface area contributed by atoms with Crippen LogP contribution in [-0.4, -0.2) is 41.1 Å². The SMILES string of the molecule is CC(C)NC(=O)Nc1cccc(C(=O)N2CC[C@@H](C(F)(F)F)C2(C)C)c1. The van der Waals surface area contributed by atoms with Crippen LogP contribution in [-0.2, 0) is 0 Å². The Bertz CT molecular complexity index is 687. The zero-order valence-corrected chi connectivity index (χ0v) is 15.3. The maximum Gasteiger partial charge on any atom is 0.394 e. The molecule has 1 heterocycles. The molecule has 1 aromatic carbocycles. The molecular formula is C18H24F3N3O2. The van der Waals surface area contributed by atoms with Crippen LogP contribution in [0.3, 0.4) is 0 Å². The molecule has 0 radical (unpaired) electrons. The zero-order chi connectivity index (χ0) is 19.7. The van der Waals surface area contributed by atoms with Gasteiger partial charge >= 0.3 is 12.2 Å². The highest BCUT2D eigenvalue weighted by Gasteiger charge is 2.56. The molecule has 144 valence electrons. The topological polar surface area (TPSA) is 61.4 Å². The van der Waals surface area contributed by atoms with Crippen molar-refractivity contribution >= 4 is 17.6 Å². The van der Waals surface area contributed by atoms with Gasteiger partial charge in [-0.05, 0) is 52.3 Å². The van der Waals surface area contributed by atoms with Gasteiger partial charge in [0.05, 0.1) is 5.92 Å². The molecule has 0 saturated carbocycles. The minimum Gasteiger partial charge on any atom is -0.336 e. The molecule has 0 spiro atoms. The van der Waals surface area contributed by atoms with Crippen molar-refractivity contribution in [2.45, 2.75) is 51.9 Å². The van der Waals surface area contributed by atoms with E-state index in [9.17, 15) is 22.8 Å². The van der Waals surface area contributed by atoms with E-state index < -0.39 is 29.6 Å². The number of carbonyl (C=O) groups is 2. The number of benzene rings is 1. The third-order valence-corrected chi connectivity index (χ3v) is 4.62. The number of nitrogens with zero attached hydrogens (tertiary/aromatic N) is 1. The molecule has 26 heavy (non-hydrogen) atoms. The molecule has 2 rings (SSSR count). The first-order valence-corrected chi connectivity index (χ1v) is 8.49. The maximum atomic E-state index is 13.2. The minimum absolute atomic E-state index is 0.0432. The molecule has 0 aliphatic carbocycles. The number of amides is 3. The second kappa shape index (κ2) is 7.17. The third-order valence-electron chi connectivity index (χ3n) is 4.62. The van der Waals surface area contributed by atoms with Crippen LogP contribution in [0.25, 0.3) is 0 Å². The number of nitrogens with one attached hydrogen (secondary N) is 2. The molecule has 1 aliphatic heterocycles. The molecule has 8 heteroatoms. The van der Waals surface area contributed by atoms with E-state index in [1.54, 1.807) is 12.1 Å². The minimum atomic E-state index is -4.35. The van der Waals surface area contributed by atoms with Crippen molar-refractivity contribution in [1.82, 2.24) is 10.2 Å². The fraction of sp³-hybridized carbons (Fsp3) is 0.556. The number of hydrogen-bond acceptors (Lipinski definition) is 2. The summed E-state index contributed by atoms with van der Waals surface area (Å²) in [5.74, 6) is -2.04. The third kappa shape index (κ3) is 4.28. The van der Waals surface area contributed by atoms with E-state index in [-0.39, 0.29) is 24.6 Å². The monoisotopic (exact) mass is 371 g/mol. The van der Waals surface area contributed by atoms with Crippen LogP contribution in [0.1, 0.15) is 44.5 Å². The Morgan fingerprint density at radius 1 is 1.27 bits per heavy atom. The highest BCUT2D eigenvalue weighted by molar-refractivity contribution is 5.97. The lowest BCUT2D eigenvalue weighted by molar-refractivity contribution is -0.189. The van der Waals surface area contributed by atoms with Crippen LogP contribution < -0.4 is 10.6 Å². The quantitative estimate of drug-likeness (QED) is 0.843. The van der Waals surface area contributed by atoms with Gasteiger partial charge in [0.1, 0.15) is 0 Å². The van der Waals surface area contributed by atoms with Crippen molar-refractivity contribution in [2.75, 3.05) is 11.9 Å². The largest absolute Gasteiger partial charge is 0.394 e. The fourth-order valence-corrected chi connectivity index (χ4v) is 3.33. The van der Waals surface area contributed by atoms with E-state index in [1.165, 1.54) is 30.9 Å². The van der Waals surface area contributed by atoms with E-state index in [0.29, 0.717) is 5.69 Å². The summed E-state index contributed by atoms with van der Waals surface area (Å²) in [6.45, 7) is 6.54. The van der Waals surface area contributed by atoms with Gasteiger partial charge < -0.3 is 15.5 Å². The predicted molar refractivity (Wildman–Crippen MR) is 93.0 cm³/mol. The maximum absolute atomic E-state index is 13.2. The summed E-state index contributed by atoms with van der Waals surface area (Å²) >= 11 is 0. The number of carbonyl (C=O) groups excluding carboxylic acids is 2. The molecule has 0 bridgehead atoms. The highest BCUT2D eigenvalue weighted by atomic mass is 19.4. The van der Waals surface area contributed by atoms with Gasteiger partial charge in [-0.3, -0.25) is 4.79 Å². The predicted octanol–water partition coefficient (Wildman–Crippen LogP) is 4.02. The average Bonchev–Trinajstić information content (AvgIpc) is 2.80. The van der Waals surface area contributed by atoms with E-state index in [2.05, 4.69) is 10.6 Å². The molecule has 1 aliphatic rings. The molecule has 1 saturated heterocycles. The van der Waals surface area contributed by atoms with Crippen LogP contribution >= 0.6 is 0 Å². The lowest BCUT2D eigenvalue weighted by Gasteiger charge is -2.36. The number of likely N-dealkylation sites (tertiary alicyclic amines) is 1. The smallest absolute Gasteiger partial charge is 0.336 e. The van der Waals surface area contributed by atoms with Gasteiger partial charge in [-0.1, -0.05) is 6.07 Å². The van der Waals surface area contributed by atoms with Gasteiger partial charge in [-0.2, -0.15) is 13.2 Å². The summed E-state index contributed by atoms with van der Waals surface area (Å²) in [5.41, 5.74) is -0.685. The molecule has 2 N–H and O–H groups in total. The van der Waals surface area contributed by atoms with Gasteiger partial charge in [0.25, 0.3) is 5.91 Å². The molecule has 3 amide bonds. The van der Waals surface area contributed by atoms with Gasteiger partial charge in [0.15, 0.2) is 0 Å². The molecular weight excluding hydrogens is 347 g/mol. The summed E-state index contributed by atoms with van der Waals surface area (Å²) < 4.78 is 39.6. The summed E-state index contributed by atoms with van der Waals surface area (Å²) in [4.78, 5) is 25.8. The van der Waals surface area contributed by atoms with Crippen LogP contribution in [0.2, 0.25) is 0 Å². The van der Waals surface area contributed by atoms with Crippen LogP contribution in [0.4, 0.5) is 23.7 Å². The van der Waals surface area contributed by atoms with Crippen molar-refractivity contribution in [3.63, 3.8) is 0 Å². The van der Waals surface area contributed by atoms with Gasteiger partial charge in [0.2, 0.25) is 0 Å². The molecule has 1 aromatic rings. The van der Waals surface area contributed by atoms with Crippen molar-refractivity contribution in [2.24, 2.45) is 5.92 Å². The number of rotatable bonds is 3. The molecule has 5 nitrogen and oxygen atoms in total. The molecule has 0 aromatic heterocycles. The Hall–Kier alpha value is -2.25. The van der Waals surface area contributed by atoms with E-state index in [0.717, 1.165) is 0 Å². The number of alkyl halides is 3. The average molecular weight is 371 g/mol. The number of urea groups is 1. The van der Waals surface area contributed by atoms with Crippen LogP contribution in [0.15, 0.2) is 24.3 Å². The van der Waals surface area contributed by atoms with Crippen LogP contribution in [0.5, 0.6) is 0 Å². The van der Waals surface area contributed by atoms with Crippen molar-refractivity contribution < 1.29 is 22.8 Å². The Kier molecular flexibility index (Phi) is 5.53. The van der Waals surface area contributed by atoms with Gasteiger partial charge in [-0.25, -0.2) is 4.79 Å². The first kappa shape index (κ1) is 20.1. The first-order chi connectivity index (χ1) is 11.9. The number of halogens is 3. The summed E-state index contributed by atoms with van der Waals surface area (Å²) in [5, 5.41) is 5.27. The van der Waals surface area contributed by atoms with Gasteiger partial charge in [0, 0.05) is 29.4 Å². The Balaban J connectivity index is 2.18. The van der Waals surface area contributed by atoms with Gasteiger partial charge in [-0.15, -0.1) is 0 Å². The van der Waals surface area contributed by atoms with E-state index in [1.807, 2.05) is 13.8 Å². The van der Waals surface area contributed by atoms with Crippen molar-refractivity contribution in [3.05, 3.63) is 29.8 Å². The molecule has 1 atom stereocenters. The first-order valence-electron chi connectivity index (χ1n) is 8.49. The standard InChI is InChI=1S/C18H24F3N3O2/c1-11(2)22-16(26)23-13-7-5-6-12(10-13)15(25)24-9-8-14(17(24,3)4)18(19,20)21/h5-7,10-11,14H,8-9H2,1-4H3,(H2,22,23,26)/t14-/m1/s1. The lowest BCUT2D eigenvalue weighted by atomic mass is 9.87. The summed E-state index contributed by atoms with van der Waals surface area (Å²) in [7, 11) is 0. The fourth-order valence-electron chi connectivity index (χ4n) is 3.33. The Morgan fingerprint density at radius 2 is 1.92 bits per heavy atom. The highest BCUT2D eigenvalue weighted by Crippen LogP contribution is 2.45. The second-order valence-electron chi connectivity index (χ2n) is 7.33.